The van der Waals surface area contributed by atoms with Gasteiger partial charge in [-0.2, -0.15) is 0 Å². The van der Waals surface area contributed by atoms with E-state index in [4.69, 9.17) is 18.9 Å². The van der Waals surface area contributed by atoms with Gasteiger partial charge >= 0.3 is 11.9 Å². The Labute approximate surface area is 222 Å². The molecule has 0 fully saturated rings. The van der Waals surface area contributed by atoms with Crippen molar-refractivity contribution in [3.05, 3.63) is 95.8 Å². The molecular formula is C31H31FO6. The highest BCUT2D eigenvalue weighted by Gasteiger charge is 2.16. The predicted molar refractivity (Wildman–Crippen MR) is 144 cm³/mol. The summed E-state index contributed by atoms with van der Waals surface area (Å²) in [6.07, 6.45) is 0. The molecule has 0 aliphatic carbocycles. The molecular weight excluding hydrogens is 487 g/mol. The highest BCUT2D eigenvalue weighted by Crippen LogP contribution is 2.35. The van der Waals surface area contributed by atoms with Gasteiger partial charge in [-0.25, -0.2) is 14.0 Å². The van der Waals surface area contributed by atoms with Crippen LogP contribution in [0.4, 0.5) is 4.39 Å². The van der Waals surface area contributed by atoms with Gasteiger partial charge in [-0.15, -0.1) is 0 Å². The second kappa shape index (κ2) is 12.9. The van der Waals surface area contributed by atoms with Gasteiger partial charge in [-0.1, -0.05) is 31.4 Å². The number of benzene rings is 3. The topological polar surface area (TPSA) is 71.1 Å². The van der Waals surface area contributed by atoms with Gasteiger partial charge in [-0.3, -0.25) is 0 Å². The molecule has 6 nitrogen and oxygen atoms in total. The molecule has 198 valence electrons. The Bertz CT molecular complexity index is 1370. The summed E-state index contributed by atoms with van der Waals surface area (Å²) >= 11 is 0. The van der Waals surface area contributed by atoms with Crippen LogP contribution < -0.4 is 9.47 Å². The third-order valence-corrected chi connectivity index (χ3v) is 5.60. The first-order valence-electron chi connectivity index (χ1n) is 12.0. The van der Waals surface area contributed by atoms with Crippen LogP contribution in [0.1, 0.15) is 31.9 Å². The first kappa shape index (κ1) is 28.5. The lowest BCUT2D eigenvalue weighted by atomic mass is 9.93. The summed E-state index contributed by atoms with van der Waals surface area (Å²) in [4.78, 5) is 23.8. The molecule has 0 saturated heterocycles. The number of ether oxygens (including phenoxy) is 4. The van der Waals surface area contributed by atoms with Crippen LogP contribution in [0.2, 0.25) is 0 Å². The largest absolute Gasteiger partial charge is 0.423 e. The minimum atomic E-state index is -0.621. The molecule has 0 aliphatic rings. The Kier molecular flexibility index (Phi) is 9.71. The zero-order valence-corrected chi connectivity index (χ0v) is 22.1. The maximum Gasteiger partial charge on any atom is 0.338 e. The van der Waals surface area contributed by atoms with E-state index in [1.807, 2.05) is 31.2 Å². The monoisotopic (exact) mass is 518 g/mol. The van der Waals surface area contributed by atoms with Crippen molar-refractivity contribution in [2.45, 2.75) is 34.0 Å². The average molecular weight is 519 g/mol. The van der Waals surface area contributed by atoms with E-state index >= 15 is 4.39 Å². The number of halogens is 1. The van der Waals surface area contributed by atoms with E-state index in [1.165, 1.54) is 19.1 Å². The smallest absolute Gasteiger partial charge is 0.338 e. The second-order valence-electron chi connectivity index (χ2n) is 8.74. The molecule has 3 aromatic rings. The first-order valence-corrected chi connectivity index (χ1v) is 12.0. The zero-order valence-electron chi connectivity index (χ0n) is 22.1. The Morgan fingerprint density at radius 3 is 1.87 bits per heavy atom. The van der Waals surface area contributed by atoms with Gasteiger partial charge < -0.3 is 18.9 Å². The highest BCUT2D eigenvalue weighted by atomic mass is 19.1. The predicted octanol–water partition coefficient (Wildman–Crippen LogP) is 6.81. The van der Waals surface area contributed by atoms with Gasteiger partial charge in [0.1, 0.15) is 17.3 Å². The van der Waals surface area contributed by atoms with Crippen LogP contribution in [0.25, 0.3) is 22.3 Å². The summed E-state index contributed by atoms with van der Waals surface area (Å²) in [5, 5.41) is 0. The standard InChI is InChI=1S/C31H31FO6/c1-7-36-18-23-15-24(37-30(33)19(2)3)9-12-26(23)21-8-11-27(22(14-21)17-35-6)28-13-10-25(16-29(28)32)38-31(34)20(4)5/h8-16H,2,4,7,17-18H2,1,3,5-6H3. The van der Waals surface area contributed by atoms with E-state index in [9.17, 15) is 9.59 Å². The number of methoxy groups -OCH3 is 1. The van der Waals surface area contributed by atoms with Crippen molar-refractivity contribution >= 4 is 11.9 Å². The lowest BCUT2D eigenvalue weighted by Crippen LogP contribution is -2.08. The van der Waals surface area contributed by atoms with Crippen LogP contribution in [0.15, 0.2) is 78.9 Å². The van der Waals surface area contributed by atoms with Crippen LogP contribution >= 0.6 is 0 Å². The van der Waals surface area contributed by atoms with Gasteiger partial charge in [0.25, 0.3) is 0 Å². The van der Waals surface area contributed by atoms with Crippen LogP contribution in [-0.2, 0) is 32.3 Å². The number of hydrogen-bond donors (Lipinski definition) is 0. The van der Waals surface area contributed by atoms with E-state index < -0.39 is 17.8 Å². The summed E-state index contributed by atoms with van der Waals surface area (Å²) in [5.41, 5.74) is 4.83. The quantitative estimate of drug-likeness (QED) is 0.158. The average Bonchev–Trinajstić information content (AvgIpc) is 2.88. The molecule has 0 aliphatic heterocycles. The molecule has 0 saturated carbocycles. The fourth-order valence-corrected chi connectivity index (χ4v) is 3.71. The highest BCUT2D eigenvalue weighted by molar-refractivity contribution is 5.89. The summed E-state index contributed by atoms with van der Waals surface area (Å²) in [7, 11) is 1.57. The molecule has 0 unspecified atom stereocenters. The molecule has 0 radical (unpaired) electrons. The number of hydrogen-bond acceptors (Lipinski definition) is 6. The third-order valence-electron chi connectivity index (χ3n) is 5.60. The van der Waals surface area contributed by atoms with Gasteiger partial charge in [0.05, 0.1) is 13.2 Å². The Morgan fingerprint density at radius 2 is 1.32 bits per heavy atom. The maximum atomic E-state index is 15.1. The van der Waals surface area contributed by atoms with Gasteiger partial charge in [0.15, 0.2) is 0 Å². The third kappa shape index (κ3) is 7.03. The lowest BCUT2D eigenvalue weighted by Gasteiger charge is -2.16. The van der Waals surface area contributed by atoms with E-state index in [0.29, 0.717) is 35.7 Å². The molecule has 0 atom stereocenters. The van der Waals surface area contributed by atoms with E-state index in [-0.39, 0.29) is 17.9 Å². The van der Waals surface area contributed by atoms with Crippen LogP contribution in [0.3, 0.4) is 0 Å². The lowest BCUT2D eigenvalue weighted by molar-refractivity contribution is -0.130. The van der Waals surface area contributed by atoms with E-state index in [2.05, 4.69) is 13.2 Å². The first-order chi connectivity index (χ1) is 18.1. The maximum absolute atomic E-state index is 15.1. The number of carbonyl (C=O) groups is 2. The van der Waals surface area contributed by atoms with Crippen LogP contribution in [0.5, 0.6) is 11.5 Å². The molecule has 0 bridgehead atoms. The van der Waals surface area contributed by atoms with Gasteiger partial charge in [-0.05, 0) is 78.9 Å². The fraction of sp³-hybridized carbons (Fsp3) is 0.226. The Morgan fingerprint density at radius 1 is 0.763 bits per heavy atom. The van der Waals surface area contributed by atoms with Crippen molar-refractivity contribution in [3.8, 4) is 33.8 Å². The molecule has 3 rings (SSSR count). The van der Waals surface area contributed by atoms with Crippen LogP contribution in [-0.4, -0.2) is 25.7 Å². The summed E-state index contributed by atoms with van der Waals surface area (Å²) in [6, 6.07) is 15.2. The minimum absolute atomic E-state index is 0.0946. The van der Waals surface area contributed by atoms with Crippen LogP contribution in [0, 0.1) is 5.82 Å². The molecule has 0 heterocycles. The van der Waals surface area contributed by atoms with Crippen molar-refractivity contribution in [1.82, 2.24) is 0 Å². The molecule has 0 amide bonds. The molecule has 0 N–H and O–H groups in total. The van der Waals surface area contributed by atoms with Crippen molar-refractivity contribution < 1.29 is 32.9 Å². The van der Waals surface area contributed by atoms with Gasteiger partial charge in [0, 0.05) is 36.5 Å². The molecule has 7 heteroatoms. The van der Waals surface area contributed by atoms with Crippen molar-refractivity contribution in [3.63, 3.8) is 0 Å². The normalized spacial score (nSPS) is 10.7. The van der Waals surface area contributed by atoms with Gasteiger partial charge in [0.2, 0.25) is 0 Å². The number of esters is 2. The molecule has 3 aromatic carbocycles. The zero-order chi connectivity index (χ0) is 27.8. The molecule has 38 heavy (non-hydrogen) atoms. The number of rotatable bonds is 11. The van der Waals surface area contributed by atoms with Crippen molar-refractivity contribution in [2.24, 2.45) is 0 Å². The van der Waals surface area contributed by atoms with Crippen molar-refractivity contribution in [1.29, 1.82) is 0 Å². The number of carbonyl (C=O) groups excluding carboxylic acids is 2. The van der Waals surface area contributed by atoms with E-state index in [0.717, 1.165) is 22.3 Å². The van der Waals surface area contributed by atoms with Crippen molar-refractivity contribution in [2.75, 3.05) is 13.7 Å². The molecule has 0 spiro atoms. The summed E-state index contributed by atoms with van der Waals surface area (Å²) in [6.45, 7) is 13.2. The summed E-state index contributed by atoms with van der Waals surface area (Å²) in [5.74, 6) is -1.18. The summed E-state index contributed by atoms with van der Waals surface area (Å²) < 4.78 is 36.7. The SMILES string of the molecule is C=C(C)C(=O)Oc1ccc(-c2ccc(-c3ccc(OC(=O)C(=C)C)cc3COCC)cc2COC)c(F)c1. The van der Waals surface area contributed by atoms with E-state index in [1.54, 1.807) is 32.2 Å². The Balaban J connectivity index is 2.01. The second-order valence-corrected chi connectivity index (χ2v) is 8.74. The minimum Gasteiger partial charge on any atom is -0.423 e. The Hall–Kier alpha value is -4.07. The fourth-order valence-electron chi connectivity index (χ4n) is 3.71. The molecule has 0 aromatic heterocycles.